The second kappa shape index (κ2) is 7.62. The largest absolute Gasteiger partial charge is 0.494 e. The zero-order chi connectivity index (χ0) is 17.9. The Morgan fingerprint density at radius 1 is 1.12 bits per heavy atom. The van der Waals surface area contributed by atoms with Crippen LogP contribution in [-0.2, 0) is 0 Å². The lowest BCUT2D eigenvalue weighted by atomic mass is 9.93. The van der Waals surface area contributed by atoms with E-state index in [9.17, 15) is 13.2 Å². The van der Waals surface area contributed by atoms with Crippen LogP contribution in [-0.4, -0.2) is 43.9 Å². The summed E-state index contributed by atoms with van der Waals surface area (Å²) >= 11 is 0. The number of benzene rings is 2. The van der Waals surface area contributed by atoms with Crippen LogP contribution >= 0.6 is 0 Å². The highest BCUT2D eigenvalue weighted by atomic mass is 19.4. The monoisotopic (exact) mass is 352 g/mol. The van der Waals surface area contributed by atoms with Gasteiger partial charge < -0.3 is 10.1 Å². The Bertz CT molecular complexity index is 711. The number of alkyl halides is 3. The molecule has 3 rings (SSSR count). The molecule has 0 saturated carbocycles. The molecule has 25 heavy (non-hydrogen) atoms. The Kier molecular flexibility index (Phi) is 5.49. The van der Waals surface area contributed by atoms with Crippen LogP contribution in [0.5, 0.6) is 5.75 Å². The van der Waals surface area contributed by atoms with Crippen LogP contribution < -0.4 is 10.1 Å². The number of hydrogen-bond acceptors (Lipinski definition) is 3. The summed E-state index contributed by atoms with van der Waals surface area (Å²) in [7, 11) is 0. The van der Waals surface area contributed by atoms with Crippen molar-refractivity contribution in [3.63, 3.8) is 0 Å². The number of hydrogen-bond donors (Lipinski definition) is 1. The van der Waals surface area contributed by atoms with Crippen molar-refractivity contribution in [2.24, 2.45) is 0 Å². The van der Waals surface area contributed by atoms with E-state index >= 15 is 0 Å². The minimum Gasteiger partial charge on any atom is -0.494 e. The van der Waals surface area contributed by atoms with Crippen molar-refractivity contribution in [3.05, 3.63) is 42.0 Å². The van der Waals surface area contributed by atoms with Crippen LogP contribution in [0, 0.1) is 0 Å². The Balaban J connectivity index is 2.13. The smallest absolute Gasteiger partial charge is 0.390 e. The van der Waals surface area contributed by atoms with Crippen molar-refractivity contribution >= 4 is 10.8 Å². The van der Waals surface area contributed by atoms with E-state index in [4.69, 9.17) is 4.74 Å². The molecule has 3 nitrogen and oxygen atoms in total. The van der Waals surface area contributed by atoms with E-state index in [2.05, 4.69) is 5.32 Å². The van der Waals surface area contributed by atoms with Gasteiger partial charge in [-0.05, 0) is 23.8 Å². The van der Waals surface area contributed by atoms with E-state index in [0.29, 0.717) is 44.1 Å². The lowest BCUT2D eigenvalue weighted by Crippen LogP contribution is -2.46. The van der Waals surface area contributed by atoms with Gasteiger partial charge in [0.05, 0.1) is 13.0 Å². The van der Waals surface area contributed by atoms with Crippen LogP contribution in [0.3, 0.4) is 0 Å². The molecular weight excluding hydrogens is 329 g/mol. The Labute approximate surface area is 145 Å². The molecule has 6 heteroatoms. The molecule has 1 aliphatic rings. The molecule has 1 heterocycles. The molecule has 2 aromatic carbocycles. The van der Waals surface area contributed by atoms with Crippen molar-refractivity contribution in [2.75, 3.05) is 32.8 Å². The fourth-order valence-corrected chi connectivity index (χ4v) is 3.53. The van der Waals surface area contributed by atoms with E-state index < -0.39 is 18.6 Å². The average Bonchev–Trinajstić information content (AvgIpc) is 2.60. The summed E-state index contributed by atoms with van der Waals surface area (Å²) < 4.78 is 45.9. The molecule has 0 bridgehead atoms. The maximum Gasteiger partial charge on any atom is 0.390 e. The predicted octanol–water partition coefficient (Wildman–Crippen LogP) is 4.14. The highest BCUT2D eigenvalue weighted by Gasteiger charge is 2.38. The van der Waals surface area contributed by atoms with Crippen molar-refractivity contribution in [3.8, 4) is 5.75 Å². The molecule has 0 spiro atoms. The highest BCUT2D eigenvalue weighted by molar-refractivity contribution is 5.88. The molecule has 0 radical (unpaired) electrons. The maximum atomic E-state index is 13.4. The van der Waals surface area contributed by atoms with Crippen LogP contribution in [0.2, 0.25) is 0 Å². The molecule has 0 aliphatic carbocycles. The van der Waals surface area contributed by atoms with Gasteiger partial charge in [0.15, 0.2) is 0 Å². The van der Waals surface area contributed by atoms with Gasteiger partial charge in [-0.25, -0.2) is 0 Å². The third-order valence-corrected chi connectivity index (χ3v) is 4.58. The van der Waals surface area contributed by atoms with E-state index in [1.165, 1.54) is 0 Å². The van der Waals surface area contributed by atoms with Gasteiger partial charge in [0.25, 0.3) is 0 Å². The van der Waals surface area contributed by atoms with Crippen LogP contribution in [0.4, 0.5) is 13.2 Å². The van der Waals surface area contributed by atoms with Crippen molar-refractivity contribution in [2.45, 2.75) is 25.6 Å². The van der Waals surface area contributed by atoms with E-state index in [0.717, 1.165) is 10.8 Å². The van der Waals surface area contributed by atoms with Gasteiger partial charge in [0.1, 0.15) is 5.75 Å². The Hall–Kier alpha value is -1.79. The molecule has 1 N–H and O–H groups in total. The lowest BCUT2D eigenvalue weighted by molar-refractivity contribution is -0.148. The first-order valence-corrected chi connectivity index (χ1v) is 8.65. The zero-order valence-electron chi connectivity index (χ0n) is 14.3. The van der Waals surface area contributed by atoms with Crippen molar-refractivity contribution in [1.29, 1.82) is 0 Å². The number of rotatable bonds is 5. The fourth-order valence-electron chi connectivity index (χ4n) is 3.53. The number of piperazine rings is 1. The normalized spacial score (nSPS) is 17.6. The van der Waals surface area contributed by atoms with Crippen LogP contribution in [0.15, 0.2) is 36.4 Å². The van der Waals surface area contributed by atoms with Gasteiger partial charge in [-0.1, -0.05) is 30.3 Å². The first-order chi connectivity index (χ1) is 12.0. The van der Waals surface area contributed by atoms with Gasteiger partial charge in [0.2, 0.25) is 0 Å². The second-order valence-electron chi connectivity index (χ2n) is 6.25. The standard InChI is InChI=1S/C19H23F3N2O/c1-2-25-17-8-7-14-5-3-4-6-15(14)18(17)16(13-19(20,21)22)24-11-9-23-10-12-24/h3-8,16,23H,2,9-13H2,1H3/t16-/m0/s1. The second-order valence-corrected chi connectivity index (χ2v) is 6.25. The summed E-state index contributed by atoms with van der Waals surface area (Å²) in [6, 6.07) is 10.5. The summed E-state index contributed by atoms with van der Waals surface area (Å²) in [5.41, 5.74) is 0.652. The molecule has 136 valence electrons. The molecule has 0 aromatic heterocycles. The average molecular weight is 352 g/mol. The fraction of sp³-hybridized carbons (Fsp3) is 0.474. The zero-order valence-corrected chi connectivity index (χ0v) is 14.3. The SMILES string of the molecule is CCOc1ccc2ccccc2c1[C@H](CC(F)(F)F)N1CCNCC1. The van der Waals surface area contributed by atoms with Crippen molar-refractivity contribution < 1.29 is 17.9 Å². The number of nitrogens with zero attached hydrogens (tertiary/aromatic N) is 1. The quantitative estimate of drug-likeness (QED) is 0.875. The van der Waals surface area contributed by atoms with Crippen LogP contribution in [0.1, 0.15) is 24.9 Å². The molecule has 0 unspecified atom stereocenters. The topological polar surface area (TPSA) is 24.5 Å². The minimum atomic E-state index is -4.24. The Morgan fingerprint density at radius 2 is 1.84 bits per heavy atom. The molecule has 1 aliphatic heterocycles. The van der Waals surface area contributed by atoms with Gasteiger partial charge in [-0.15, -0.1) is 0 Å². The molecule has 1 saturated heterocycles. The number of halogens is 3. The predicted molar refractivity (Wildman–Crippen MR) is 93.0 cm³/mol. The number of nitrogens with one attached hydrogen (secondary N) is 1. The van der Waals surface area contributed by atoms with E-state index in [1.807, 2.05) is 42.2 Å². The summed E-state index contributed by atoms with van der Waals surface area (Å²) in [4.78, 5) is 1.92. The lowest BCUT2D eigenvalue weighted by Gasteiger charge is -2.36. The minimum absolute atomic E-state index is 0.422. The highest BCUT2D eigenvalue weighted by Crippen LogP contribution is 2.41. The summed E-state index contributed by atoms with van der Waals surface area (Å²) in [6.07, 6.45) is -5.11. The molecule has 1 fully saturated rings. The van der Waals surface area contributed by atoms with Gasteiger partial charge in [0, 0.05) is 37.8 Å². The summed E-state index contributed by atoms with van der Waals surface area (Å²) in [5.74, 6) is 0.550. The first-order valence-electron chi connectivity index (χ1n) is 8.65. The first kappa shape index (κ1) is 18.0. The molecular formula is C19H23F3N2O. The van der Waals surface area contributed by atoms with E-state index in [-0.39, 0.29) is 0 Å². The number of fused-ring (bicyclic) bond motifs is 1. The molecule has 2 aromatic rings. The summed E-state index contributed by atoms with van der Waals surface area (Å²) in [5, 5.41) is 4.97. The van der Waals surface area contributed by atoms with Crippen LogP contribution in [0.25, 0.3) is 10.8 Å². The van der Waals surface area contributed by atoms with E-state index in [1.54, 1.807) is 6.07 Å². The third-order valence-electron chi connectivity index (χ3n) is 4.58. The summed E-state index contributed by atoms with van der Waals surface area (Å²) in [6.45, 7) is 4.85. The van der Waals surface area contributed by atoms with Gasteiger partial charge >= 0.3 is 6.18 Å². The molecule has 0 amide bonds. The van der Waals surface area contributed by atoms with Crippen molar-refractivity contribution in [1.82, 2.24) is 10.2 Å². The van der Waals surface area contributed by atoms with Gasteiger partial charge in [-0.2, -0.15) is 13.2 Å². The van der Waals surface area contributed by atoms with Gasteiger partial charge in [-0.3, -0.25) is 4.90 Å². The maximum absolute atomic E-state index is 13.4. The molecule has 1 atom stereocenters. The third kappa shape index (κ3) is 4.25. The number of ether oxygens (including phenoxy) is 1. The Morgan fingerprint density at radius 3 is 2.52 bits per heavy atom.